The van der Waals surface area contributed by atoms with Crippen LogP contribution in [-0.4, -0.2) is 0 Å². The van der Waals surface area contributed by atoms with Crippen LogP contribution in [-0.2, 0) is 0 Å². The van der Waals surface area contributed by atoms with E-state index < -0.39 is 0 Å². The Labute approximate surface area is 70.5 Å². The van der Waals surface area contributed by atoms with Gasteiger partial charge < -0.3 is 0 Å². The summed E-state index contributed by atoms with van der Waals surface area (Å²) in [5.41, 5.74) is 0.566. The van der Waals surface area contributed by atoms with Gasteiger partial charge in [-0.25, -0.2) is 0 Å². The molecule has 0 saturated heterocycles. The Bertz CT molecular complexity index is 288. The van der Waals surface area contributed by atoms with Crippen molar-refractivity contribution in [1.82, 2.24) is 0 Å². The van der Waals surface area contributed by atoms with E-state index in [4.69, 9.17) is 5.26 Å². The Kier molecular flexibility index (Phi) is 2.25. The predicted octanol–water partition coefficient (Wildman–Crippen LogP) is 2.14. The molecule has 1 aromatic rings. The van der Waals surface area contributed by atoms with Crippen molar-refractivity contribution in [1.29, 1.82) is 5.26 Å². The van der Waals surface area contributed by atoms with Gasteiger partial charge in [0.05, 0.1) is 5.56 Å². The highest BCUT2D eigenvalue weighted by Gasteiger charge is 1.95. The molecule has 10 heavy (non-hydrogen) atoms. The smallest absolute Gasteiger partial charge is 0.100 e. The van der Waals surface area contributed by atoms with E-state index in [0.29, 0.717) is 10.5 Å². The lowest BCUT2D eigenvalue weighted by Gasteiger charge is -1.94. The Morgan fingerprint density at radius 2 is 2.00 bits per heavy atom. The predicted molar refractivity (Wildman–Crippen MR) is 45.7 cm³/mol. The zero-order valence-corrected chi connectivity index (χ0v) is 6.86. The first-order chi connectivity index (χ1) is 4.74. The fraction of sp³-hybridized carbons (Fsp3) is 0. The molecule has 0 aromatic heterocycles. The van der Waals surface area contributed by atoms with Gasteiger partial charge in [-0.1, -0.05) is 0 Å². The standard InChI is InChI=1S/C7H5NS2/c8-4-5-3-6(9)1-2-7(5)10/h1-3,9-10H. The maximum absolute atomic E-state index is 8.51. The summed E-state index contributed by atoms with van der Waals surface area (Å²) >= 11 is 8.14. The minimum atomic E-state index is 0.566. The van der Waals surface area contributed by atoms with Crippen molar-refractivity contribution in [3.8, 4) is 6.07 Å². The molecule has 0 amide bonds. The van der Waals surface area contributed by atoms with E-state index in [0.717, 1.165) is 4.90 Å². The number of nitrogens with zero attached hydrogens (tertiary/aromatic N) is 1. The molecular weight excluding hydrogens is 162 g/mol. The molecule has 0 saturated carbocycles. The zero-order valence-electron chi connectivity index (χ0n) is 5.07. The number of benzene rings is 1. The summed E-state index contributed by atoms with van der Waals surface area (Å²) in [6.45, 7) is 0. The highest BCUT2D eigenvalue weighted by molar-refractivity contribution is 7.80. The van der Waals surface area contributed by atoms with Crippen molar-refractivity contribution in [2.24, 2.45) is 0 Å². The third-order valence-corrected chi connectivity index (χ3v) is 1.77. The average Bonchev–Trinajstić information content (AvgIpc) is 1.94. The largest absolute Gasteiger partial charge is 0.192 e. The number of hydrogen-bond donors (Lipinski definition) is 2. The van der Waals surface area contributed by atoms with Crippen molar-refractivity contribution in [2.45, 2.75) is 9.79 Å². The third-order valence-electron chi connectivity index (χ3n) is 1.10. The van der Waals surface area contributed by atoms with Gasteiger partial charge in [-0.2, -0.15) is 5.26 Å². The van der Waals surface area contributed by atoms with Gasteiger partial charge in [-0.15, -0.1) is 25.3 Å². The summed E-state index contributed by atoms with van der Waals surface area (Å²) in [5.74, 6) is 0. The molecular formula is C7H5NS2. The van der Waals surface area contributed by atoms with E-state index in [9.17, 15) is 0 Å². The molecule has 1 nitrogen and oxygen atoms in total. The molecule has 50 valence electrons. The van der Waals surface area contributed by atoms with Crippen molar-refractivity contribution in [3.05, 3.63) is 23.8 Å². The van der Waals surface area contributed by atoms with Gasteiger partial charge in [-0.05, 0) is 18.2 Å². The van der Waals surface area contributed by atoms with Crippen molar-refractivity contribution >= 4 is 25.3 Å². The van der Waals surface area contributed by atoms with Crippen molar-refractivity contribution in [2.75, 3.05) is 0 Å². The Morgan fingerprint density at radius 1 is 1.30 bits per heavy atom. The molecule has 0 unspecified atom stereocenters. The van der Waals surface area contributed by atoms with Crippen LogP contribution in [0.15, 0.2) is 28.0 Å². The first kappa shape index (κ1) is 7.52. The van der Waals surface area contributed by atoms with Gasteiger partial charge >= 0.3 is 0 Å². The molecule has 0 fully saturated rings. The number of hydrogen-bond acceptors (Lipinski definition) is 3. The highest BCUT2D eigenvalue weighted by atomic mass is 32.1. The molecule has 0 radical (unpaired) electrons. The first-order valence-electron chi connectivity index (χ1n) is 2.66. The summed E-state index contributed by atoms with van der Waals surface area (Å²) in [6.07, 6.45) is 0. The van der Waals surface area contributed by atoms with Crippen molar-refractivity contribution in [3.63, 3.8) is 0 Å². The minimum absolute atomic E-state index is 0.566. The zero-order chi connectivity index (χ0) is 7.56. The molecule has 3 heteroatoms. The molecule has 0 atom stereocenters. The lowest BCUT2D eigenvalue weighted by Crippen LogP contribution is -1.76. The topological polar surface area (TPSA) is 23.8 Å². The van der Waals surface area contributed by atoms with Gasteiger partial charge in [0, 0.05) is 9.79 Å². The third kappa shape index (κ3) is 1.47. The number of thiol groups is 2. The van der Waals surface area contributed by atoms with Crippen LogP contribution in [0.3, 0.4) is 0 Å². The van der Waals surface area contributed by atoms with Gasteiger partial charge in [0.1, 0.15) is 6.07 Å². The molecule has 0 aliphatic carbocycles. The quantitative estimate of drug-likeness (QED) is 0.568. The van der Waals surface area contributed by atoms with E-state index in [-0.39, 0.29) is 0 Å². The van der Waals surface area contributed by atoms with E-state index in [2.05, 4.69) is 25.3 Å². The number of rotatable bonds is 0. The van der Waals surface area contributed by atoms with Crippen LogP contribution in [0.5, 0.6) is 0 Å². The fourth-order valence-corrected chi connectivity index (χ4v) is 1.01. The summed E-state index contributed by atoms with van der Waals surface area (Å²) in [7, 11) is 0. The molecule has 0 aliphatic heterocycles. The first-order valence-corrected chi connectivity index (χ1v) is 3.55. The summed E-state index contributed by atoms with van der Waals surface area (Å²) in [4.78, 5) is 1.48. The van der Waals surface area contributed by atoms with Gasteiger partial charge in [0.25, 0.3) is 0 Å². The molecule has 0 aliphatic rings. The second kappa shape index (κ2) is 3.00. The Hall–Kier alpha value is -0.590. The van der Waals surface area contributed by atoms with E-state index in [1.54, 1.807) is 18.2 Å². The van der Waals surface area contributed by atoms with Crippen LogP contribution in [0.1, 0.15) is 5.56 Å². The Morgan fingerprint density at radius 3 is 2.50 bits per heavy atom. The van der Waals surface area contributed by atoms with Crippen LogP contribution in [0.25, 0.3) is 0 Å². The SMILES string of the molecule is N#Cc1cc(S)ccc1S. The van der Waals surface area contributed by atoms with Gasteiger partial charge in [0.15, 0.2) is 0 Å². The summed E-state index contributed by atoms with van der Waals surface area (Å²) in [5, 5.41) is 8.51. The van der Waals surface area contributed by atoms with Crippen LogP contribution < -0.4 is 0 Å². The second-order valence-electron chi connectivity index (χ2n) is 1.81. The summed E-state index contributed by atoms with van der Waals surface area (Å²) < 4.78 is 0. The minimum Gasteiger partial charge on any atom is -0.192 e. The van der Waals surface area contributed by atoms with Gasteiger partial charge in [0.2, 0.25) is 0 Å². The van der Waals surface area contributed by atoms with E-state index >= 15 is 0 Å². The highest BCUT2D eigenvalue weighted by Crippen LogP contribution is 2.16. The Balaban J connectivity index is 3.25. The molecule has 0 spiro atoms. The second-order valence-corrected chi connectivity index (χ2v) is 2.81. The normalized spacial score (nSPS) is 8.90. The molecule has 1 aromatic carbocycles. The lowest BCUT2D eigenvalue weighted by molar-refractivity contribution is 1.31. The fourth-order valence-electron chi connectivity index (χ4n) is 0.614. The van der Waals surface area contributed by atoms with E-state index in [1.807, 2.05) is 6.07 Å². The van der Waals surface area contributed by atoms with Crippen molar-refractivity contribution < 1.29 is 0 Å². The van der Waals surface area contributed by atoms with Crippen LogP contribution >= 0.6 is 25.3 Å². The van der Waals surface area contributed by atoms with Crippen LogP contribution in [0, 0.1) is 11.3 Å². The number of nitriles is 1. The van der Waals surface area contributed by atoms with Crippen LogP contribution in [0.4, 0.5) is 0 Å². The van der Waals surface area contributed by atoms with Gasteiger partial charge in [-0.3, -0.25) is 0 Å². The lowest BCUT2D eigenvalue weighted by atomic mass is 10.2. The molecule has 1 rings (SSSR count). The maximum Gasteiger partial charge on any atom is 0.100 e. The molecule has 0 N–H and O–H groups in total. The van der Waals surface area contributed by atoms with Crippen LogP contribution in [0.2, 0.25) is 0 Å². The summed E-state index contributed by atoms with van der Waals surface area (Å²) in [6, 6.07) is 7.25. The molecule has 0 bridgehead atoms. The monoisotopic (exact) mass is 167 g/mol. The maximum atomic E-state index is 8.51. The molecule has 0 heterocycles. The van der Waals surface area contributed by atoms with E-state index in [1.165, 1.54) is 0 Å². The average molecular weight is 167 g/mol.